The van der Waals surface area contributed by atoms with Crippen LogP contribution < -0.4 is 15.2 Å². The Kier molecular flexibility index (Phi) is 6.11. The lowest BCUT2D eigenvalue weighted by Crippen LogP contribution is -2.10. The van der Waals surface area contributed by atoms with Gasteiger partial charge in [-0.1, -0.05) is 0 Å². The van der Waals surface area contributed by atoms with E-state index in [0.29, 0.717) is 34.1 Å². The Morgan fingerprint density at radius 1 is 1.08 bits per heavy atom. The van der Waals surface area contributed by atoms with Gasteiger partial charge in [0.1, 0.15) is 17.4 Å². The monoisotopic (exact) mass is 534 g/mol. The van der Waals surface area contributed by atoms with Crippen molar-refractivity contribution in [3.8, 4) is 17.3 Å². The van der Waals surface area contributed by atoms with Crippen LogP contribution in [0.2, 0.25) is 0 Å². The smallest absolute Gasteiger partial charge is 0.229 e. The molecule has 12 heteroatoms. The average molecular weight is 535 g/mol. The van der Waals surface area contributed by atoms with Crippen LogP contribution in [0.5, 0.6) is 11.6 Å². The molecule has 3 heterocycles. The highest BCUT2D eigenvalue weighted by molar-refractivity contribution is 7.92. The van der Waals surface area contributed by atoms with Crippen molar-refractivity contribution in [2.24, 2.45) is 0 Å². The zero-order valence-corrected chi connectivity index (χ0v) is 21.4. The first kappa shape index (κ1) is 25.0. The molecule has 194 valence electrons. The number of sulfonamides is 1. The zero-order valence-electron chi connectivity index (χ0n) is 20.6. The average Bonchev–Trinajstić information content (AvgIpc) is 3.43. The number of anilines is 2. The largest absolute Gasteiger partial charge is 0.439 e. The maximum absolute atomic E-state index is 13.3. The zero-order chi connectivity index (χ0) is 27.2. The van der Waals surface area contributed by atoms with Gasteiger partial charge < -0.3 is 15.5 Å². The third-order valence-electron chi connectivity index (χ3n) is 5.88. The Morgan fingerprint density at radius 2 is 1.82 bits per heavy atom. The lowest BCUT2D eigenvalue weighted by atomic mass is 10.1. The molecule has 0 bridgehead atoms. The molecule has 3 aromatic heterocycles. The maximum atomic E-state index is 13.3. The molecule has 10 nitrogen and oxygen atoms in total. The van der Waals surface area contributed by atoms with E-state index in [1.807, 2.05) is 6.92 Å². The maximum Gasteiger partial charge on any atom is 0.229 e. The number of ketones is 1. The molecule has 0 fully saturated rings. The number of benzene rings is 2. The molecule has 0 unspecified atom stereocenters. The van der Waals surface area contributed by atoms with Crippen LogP contribution in [-0.4, -0.2) is 40.2 Å². The predicted molar refractivity (Wildman–Crippen MR) is 142 cm³/mol. The number of nitrogens with two attached hydrogens (primary N) is 1. The lowest BCUT2D eigenvalue weighted by Gasteiger charge is -2.10. The van der Waals surface area contributed by atoms with Crippen LogP contribution in [0.1, 0.15) is 27.2 Å². The lowest BCUT2D eigenvalue weighted by molar-refractivity contribution is 0.103. The molecule has 0 saturated carbocycles. The van der Waals surface area contributed by atoms with Crippen LogP contribution >= 0.6 is 0 Å². The number of fused-ring (bicyclic) bond motifs is 1. The number of halogens is 1. The van der Waals surface area contributed by atoms with Gasteiger partial charge in [-0.05, 0) is 67.4 Å². The van der Waals surface area contributed by atoms with Crippen LogP contribution in [0.25, 0.3) is 16.6 Å². The van der Waals surface area contributed by atoms with Gasteiger partial charge in [0.25, 0.3) is 0 Å². The number of aromatic amines is 1. The highest BCUT2D eigenvalue weighted by atomic mass is 32.2. The molecule has 0 aliphatic rings. The highest BCUT2D eigenvalue weighted by Crippen LogP contribution is 2.28. The number of hydrogen-bond acceptors (Lipinski definition) is 7. The molecule has 38 heavy (non-hydrogen) atoms. The molecule has 5 rings (SSSR count). The number of aryl methyl sites for hydroxylation is 2. The first-order valence-corrected chi connectivity index (χ1v) is 13.3. The number of aromatic nitrogens is 4. The summed E-state index contributed by atoms with van der Waals surface area (Å²) in [5, 5.41) is 5.04. The molecular formula is C26H23FN6O4S. The number of nitrogens with zero attached hydrogens (tertiary/aromatic N) is 3. The minimum atomic E-state index is -3.46. The number of nitrogens with one attached hydrogen (secondary N) is 2. The molecule has 0 atom stereocenters. The summed E-state index contributed by atoms with van der Waals surface area (Å²) in [5.74, 6) is 0.124. The number of carbonyl (C=O) groups is 1. The van der Waals surface area contributed by atoms with Crippen LogP contribution in [0, 0.1) is 19.7 Å². The topological polar surface area (TPSA) is 145 Å². The van der Waals surface area contributed by atoms with Crippen molar-refractivity contribution in [3.05, 3.63) is 89.1 Å². The van der Waals surface area contributed by atoms with Crippen LogP contribution in [0.4, 0.5) is 15.9 Å². The van der Waals surface area contributed by atoms with E-state index in [1.54, 1.807) is 31.2 Å². The van der Waals surface area contributed by atoms with Crippen molar-refractivity contribution in [2.75, 3.05) is 16.7 Å². The Labute approximate surface area is 217 Å². The van der Waals surface area contributed by atoms with Crippen LogP contribution in [-0.2, 0) is 10.0 Å². The number of hydrogen-bond donors (Lipinski definition) is 3. The Morgan fingerprint density at radius 3 is 2.50 bits per heavy atom. The molecule has 0 aliphatic carbocycles. The summed E-state index contributed by atoms with van der Waals surface area (Å²) in [6.45, 7) is 3.59. The number of ether oxygens (including phenoxy) is 1. The minimum absolute atomic E-state index is 0.126. The standard InChI is InChI=1S/C26H23FN6O4S/c1-14-8-16-10-22(31-21(16)11-20(14)32-38(3,35)36)25(34)19-12-30-33(26(19)28)23-13-29-24(9-15(23)2)37-18-6-4-17(27)5-7-18/h4-13,31-32H,28H2,1-3H3. The second-order valence-corrected chi connectivity index (χ2v) is 10.6. The molecule has 0 spiro atoms. The summed E-state index contributed by atoms with van der Waals surface area (Å²) in [5.41, 5.74) is 9.80. The normalized spacial score (nSPS) is 11.6. The summed E-state index contributed by atoms with van der Waals surface area (Å²) < 4.78 is 46.0. The van der Waals surface area contributed by atoms with Gasteiger partial charge in [-0.2, -0.15) is 5.10 Å². The third-order valence-corrected chi connectivity index (χ3v) is 6.47. The third kappa shape index (κ3) is 4.93. The SMILES string of the molecule is Cc1cc2cc(C(=O)c3cnn(-c4cnc(Oc5ccc(F)cc5)cc4C)c3N)[nH]c2cc1NS(C)(=O)=O. The quantitative estimate of drug-likeness (QED) is 0.261. The van der Waals surface area contributed by atoms with Crippen molar-refractivity contribution in [3.63, 3.8) is 0 Å². The van der Waals surface area contributed by atoms with E-state index in [1.165, 1.54) is 41.3 Å². The molecule has 5 aromatic rings. The van der Waals surface area contributed by atoms with Gasteiger partial charge in [0.2, 0.25) is 21.7 Å². The van der Waals surface area contributed by atoms with Gasteiger partial charge in [0.05, 0.1) is 41.3 Å². The number of H-pyrrole nitrogens is 1. The van der Waals surface area contributed by atoms with Crippen molar-refractivity contribution in [1.82, 2.24) is 19.7 Å². The summed E-state index contributed by atoms with van der Waals surface area (Å²) in [4.78, 5) is 20.6. The second kappa shape index (κ2) is 9.30. The molecule has 0 saturated heterocycles. The van der Waals surface area contributed by atoms with Crippen LogP contribution in [0.3, 0.4) is 0 Å². The van der Waals surface area contributed by atoms with Gasteiger partial charge >= 0.3 is 0 Å². The van der Waals surface area contributed by atoms with Gasteiger partial charge in [-0.15, -0.1) is 0 Å². The highest BCUT2D eigenvalue weighted by Gasteiger charge is 2.21. The molecule has 0 radical (unpaired) electrons. The fourth-order valence-electron chi connectivity index (χ4n) is 4.02. The summed E-state index contributed by atoms with van der Waals surface area (Å²) in [6.07, 6.45) is 3.98. The van der Waals surface area contributed by atoms with Crippen molar-refractivity contribution in [2.45, 2.75) is 13.8 Å². The summed E-state index contributed by atoms with van der Waals surface area (Å²) >= 11 is 0. The molecule has 2 aromatic carbocycles. The van der Waals surface area contributed by atoms with Gasteiger partial charge in [-0.3, -0.25) is 9.52 Å². The Bertz CT molecular complexity index is 1810. The van der Waals surface area contributed by atoms with E-state index >= 15 is 0 Å². The van der Waals surface area contributed by atoms with Crippen LogP contribution in [0.15, 0.2) is 60.9 Å². The molecule has 0 amide bonds. The van der Waals surface area contributed by atoms with E-state index in [0.717, 1.165) is 17.2 Å². The van der Waals surface area contributed by atoms with E-state index in [9.17, 15) is 17.6 Å². The number of carbonyl (C=O) groups excluding carboxylic acids is 1. The number of rotatable bonds is 7. The van der Waals surface area contributed by atoms with Gasteiger partial charge in [0, 0.05) is 17.0 Å². The number of nitrogen functional groups attached to an aromatic ring is 1. The number of pyridine rings is 1. The molecule has 0 aliphatic heterocycles. The van der Waals surface area contributed by atoms with Crippen molar-refractivity contribution in [1.29, 1.82) is 0 Å². The minimum Gasteiger partial charge on any atom is -0.439 e. The predicted octanol–water partition coefficient (Wildman–Crippen LogP) is 4.48. The Balaban J connectivity index is 1.42. The summed E-state index contributed by atoms with van der Waals surface area (Å²) in [7, 11) is -3.46. The van der Waals surface area contributed by atoms with E-state index in [2.05, 4.69) is 19.8 Å². The fourth-order valence-corrected chi connectivity index (χ4v) is 4.64. The first-order chi connectivity index (χ1) is 18.0. The Hall–Kier alpha value is -4.71. The first-order valence-electron chi connectivity index (χ1n) is 11.4. The van der Waals surface area contributed by atoms with Gasteiger partial charge in [0.15, 0.2) is 0 Å². The van der Waals surface area contributed by atoms with E-state index < -0.39 is 10.0 Å². The van der Waals surface area contributed by atoms with E-state index in [4.69, 9.17) is 10.5 Å². The van der Waals surface area contributed by atoms with Crippen molar-refractivity contribution >= 4 is 38.2 Å². The summed E-state index contributed by atoms with van der Waals surface area (Å²) in [6, 6.07) is 12.4. The molecular weight excluding hydrogens is 511 g/mol. The van der Waals surface area contributed by atoms with Gasteiger partial charge in [-0.25, -0.2) is 22.5 Å². The fraction of sp³-hybridized carbons (Fsp3) is 0.115. The van der Waals surface area contributed by atoms with E-state index in [-0.39, 0.29) is 28.7 Å². The van der Waals surface area contributed by atoms with Crippen molar-refractivity contribution < 1.29 is 22.3 Å². The second-order valence-electron chi connectivity index (χ2n) is 8.86. The molecule has 4 N–H and O–H groups in total.